The number of aryl methyl sites for hydroxylation is 1. The van der Waals surface area contributed by atoms with Gasteiger partial charge in [0.15, 0.2) is 0 Å². The molecule has 0 radical (unpaired) electrons. The van der Waals surface area contributed by atoms with Crippen LogP contribution in [-0.4, -0.2) is 5.21 Å². The van der Waals surface area contributed by atoms with Gasteiger partial charge >= 0.3 is 0 Å². The van der Waals surface area contributed by atoms with Crippen molar-refractivity contribution < 1.29 is 9.62 Å². The molecule has 5 aromatic carbocycles. The number of rotatable bonds is 3. The Bertz CT molecular complexity index is 1770. The number of furan rings is 1. The van der Waals surface area contributed by atoms with Crippen molar-refractivity contribution in [3.63, 3.8) is 0 Å². The molecule has 0 fully saturated rings. The Labute approximate surface area is 203 Å². The van der Waals surface area contributed by atoms with E-state index in [0.29, 0.717) is 0 Å². The molecule has 1 aliphatic carbocycles. The van der Waals surface area contributed by atoms with E-state index in [1.54, 1.807) is 0 Å². The Morgan fingerprint density at radius 2 is 1.31 bits per heavy atom. The van der Waals surface area contributed by atoms with Crippen molar-refractivity contribution >= 4 is 43.9 Å². The molecule has 0 unspecified atom stereocenters. The highest BCUT2D eigenvalue weighted by Crippen LogP contribution is 2.44. The third kappa shape index (κ3) is 3.09. The summed E-state index contributed by atoms with van der Waals surface area (Å²) >= 11 is 0. The second kappa shape index (κ2) is 7.86. The summed E-state index contributed by atoms with van der Waals surface area (Å²) in [7, 11) is 0. The Morgan fingerprint density at radius 3 is 2.17 bits per heavy atom. The third-order valence-electron chi connectivity index (χ3n) is 7.06. The maximum Gasteiger partial charge on any atom is 0.134 e. The van der Waals surface area contributed by atoms with E-state index >= 15 is 0 Å². The van der Waals surface area contributed by atoms with Crippen LogP contribution in [0.5, 0.6) is 0 Å². The third-order valence-corrected chi connectivity index (χ3v) is 7.06. The Balaban J connectivity index is 1.50. The molecule has 7 rings (SSSR count). The summed E-state index contributed by atoms with van der Waals surface area (Å²) in [6.07, 6.45) is 3.76. The molecule has 0 amide bonds. The minimum atomic E-state index is 0.754. The van der Waals surface area contributed by atoms with Crippen LogP contribution in [0.25, 0.3) is 49.3 Å². The first-order valence-electron chi connectivity index (χ1n) is 12.0. The van der Waals surface area contributed by atoms with Crippen LogP contribution in [0, 0.1) is 0 Å². The summed E-state index contributed by atoms with van der Waals surface area (Å²) in [6, 6.07) is 35.3. The van der Waals surface area contributed by atoms with E-state index in [2.05, 4.69) is 84.9 Å². The van der Waals surface area contributed by atoms with Crippen molar-refractivity contribution in [2.24, 2.45) is 0 Å². The summed E-state index contributed by atoms with van der Waals surface area (Å²) in [4.78, 5) is 0. The second-order valence-electron chi connectivity index (χ2n) is 9.04. The van der Waals surface area contributed by atoms with Crippen LogP contribution in [0.1, 0.15) is 17.7 Å². The fraction of sp³-hybridized carbons (Fsp3) is 0.0625. The molecule has 0 bridgehead atoms. The van der Waals surface area contributed by atoms with Gasteiger partial charge in [-0.15, -0.1) is 0 Å². The molecule has 0 spiro atoms. The number of anilines is 1. The highest BCUT2D eigenvalue weighted by molar-refractivity contribution is 6.11. The van der Waals surface area contributed by atoms with E-state index in [-0.39, 0.29) is 0 Å². The van der Waals surface area contributed by atoms with E-state index in [0.717, 1.165) is 73.8 Å². The number of fused-ring (bicyclic) bond motifs is 5. The van der Waals surface area contributed by atoms with Crippen LogP contribution in [-0.2, 0) is 6.42 Å². The van der Waals surface area contributed by atoms with Crippen molar-refractivity contribution in [2.45, 2.75) is 12.8 Å². The maximum absolute atomic E-state index is 11.9. The highest BCUT2D eigenvalue weighted by Gasteiger charge is 2.27. The zero-order valence-electron chi connectivity index (χ0n) is 19.1. The van der Waals surface area contributed by atoms with Gasteiger partial charge in [-0.2, -0.15) is 0 Å². The fourth-order valence-electron chi connectivity index (χ4n) is 5.48. The van der Waals surface area contributed by atoms with Crippen molar-refractivity contribution in [3.8, 4) is 11.1 Å². The van der Waals surface area contributed by atoms with Gasteiger partial charge in [0.25, 0.3) is 0 Å². The molecule has 1 aliphatic rings. The monoisotopic (exact) mass is 453 g/mol. The van der Waals surface area contributed by atoms with Gasteiger partial charge in [-0.1, -0.05) is 97.1 Å². The van der Waals surface area contributed by atoms with Crippen LogP contribution < -0.4 is 5.06 Å². The van der Waals surface area contributed by atoms with Gasteiger partial charge in [0.1, 0.15) is 11.3 Å². The average molecular weight is 454 g/mol. The van der Waals surface area contributed by atoms with Crippen LogP contribution in [0.4, 0.5) is 5.69 Å². The number of benzene rings is 5. The molecule has 0 aliphatic heterocycles. The molecule has 3 heteroatoms. The largest absolute Gasteiger partial charge is 0.460 e. The Morgan fingerprint density at radius 1 is 0.629 bits per heavy atom. The van der Waals surface area contributed by atoms with Gasteiger partial charge < -0.3 is 4.42 Å². The molecule has 35 heavy (non-hydrogen) atoms. The lowest BCUT2D eigenvalue weighted by Crippen LogP contribution is -2.19. The lowest BCUT2D eigenvalue weighted by molar-refractivity contribution is 0.303. The van der Waals surface area contributed by atoms with Gasteiger partial charge in [-0.05, 0) is 45.7 Å². The average Bonchev–Trinajstić information content (AvgIpc) is 3.31. The van der Waals surface area contributed by atoms with E-state index in [4.69, 9.17) is 4.42 Å². The van der Waals surface area contributed by atoms with Crippen LogP contribution >= 0.6 is 0 Å². The molecule has 1 heterocycles. The molecule has 0 saturated heterocycles. The molecule has 6 aromatic rings. The summed E-state index contributed by atoms with van der Waals surface area (Å²) in [5, 5.41) is 18.8. The minimum Gasteiger partial charge on any atom is -0.460 e. The van der Waals surface area contributed by atoms with Gasteiger partial charge in [0, 0.05) is 22.9 Å². The summed E-state index contributed by atoms with van der Waals surface area (Å²) < 4.78 is 6.17. The van der Waals surface area contributed by atoms with E-state index in [1.807, 2.05) is 24.3 Å². The minimum absolute atomic E-state index is 0.754. The predicted molar refractivity (Wildman–Crippen MR) is 144 cm³/mol. The highest BCUT2D eigenvalue weighted by atomic mass is 16.5. The molecule has 1 aromatic heterocycles. The van der Waals surface area contributed by atoms with Crippen molar-refractivity contribution in [1.82, 2.24) is 0 Å². The van der Waals surface area contributed by atoms with E-state index in [9.17, 15) is 5.21 Å². The number of hydrogen-bond donors (Lipinski definition) is 1. The molecule has 168 valence electrons. The number of allylic oxidation sites excluding steroid dienone is 1. The number of hydrogen-bond acceptors (Lipinski definition) is 3. The summed E-state index contributed by atoms with van der Waals surface area (Å²) in [5.74, 6) is 0.926. The molecule has 3 nitrogen and oxygen atoms in total. The van der Waals surface area contributed by atoms with Gasteiger partial charge in [-0.25, -0.2) is 5.06 Å². The molecular formula is C32H23NO2. The summed E-state index contributed by atoms with van der Waals surface area (Å²) in [6.45, 7) is 0. The lowest BCUT2D eigenvalue weighted by Gasteiger charge is -2.26. The zero-order chi connectivity index (χ0) is 23.4. The number of nitrogens with zero attached hydrogens (tertiary/aromatic N) is 1. The standard InChI is InChI=1S/C32H23NO2/c34-33(27-16-8-18-30-32(27)26-14-5-6-17-29(26)35-30)28-20-19-22-10-2-4-13-24(22)31(28)25-15-7-11-21-9-1-3-12-23(21)25/h1-7,9-17,19-20,34H,8,18H2. The molecule has 0 saturated carbocycles. The molecular weight excluding hydrogens is 430 g/mol. The first kappa shape index (κ1) is 20.1. The smallest absolute Gasteiger partial charge is 0.134 e. The van der Waals surface area contributed by atoms with Crippen LogP contribution in [0.3, 0.4) is 0 Å². The molecule has 0 atom stereocenters. The van der Waals surface area contributed by atoms with E-state index in [1.165, 1.54) is 10.4 Å². The van der Waals surface area contributed by atoms with E-state index < -0.39 is 0 Å². The quantitative estimate of drug-likeness (QED) is 0.273. The topological polar surface area (TPSA) is 36.6 Å². The lowest BCUT2D eigenvalue weighted by atomic mass is 9.91. The first-order valence-corrected chi connectivity index (χ1v) is 12.0. The maximum atomic E-state index is 11.9. The van der Waals surface area contributed by atoms with Gasteiger partial charge in [0.05, 0.1) is 11.4 Å². The van der Waals surface area contributed by atoms with Crippen molar-refractivity contribution in [3.05, 3.63) is 121 Å². The first-order chi connectivity index (χ1) is 17.3. The van der Waals surface area contributed by atoms with Crippen molar-refractivity contribution in [1.29, 1.82) is 0 Å². The summed E-state index contributed by atoms with van der Waals surface area (Å²) in [5.41, 5.74) is 5.47. The van der Waals surface area contributed by atoms with Gasteiger partial charge in [0.2, 0.25) is 0 Å². The predicted octanol–water partition coefficient (Wildman–Crippen LogP) is 8.59. The van der Waals surface area contributed by atoms with Crippen molar-refractivity contribution in [2.75, 3.05) is 5.06 Å². The number of para-hydroxylation sites is 1. The molecule has 1 N–H and O–H groups in total. The number of hydroxylamine groups is 1. The Kier molecular flexibility index (Phi) is 4.51. The SMILES string of the molecule is ON(C1=CCCc2oc3ccccc3c21)c1ccc2ccccc2c1-c1cccc2ccccc12. The fourth-order valence-corrected chi connectivity index (χ4v) is 5.48. The zero-order valence-corrected chi connectivity index (χ0v) is 19.1. The van der Waals surface area contributed by atoms with Crippen LogP contribution in [0.2, 0.25) is 0 Å². The van der Waals surface area contributed by atoms with Crippen LogP contribution in [0.15, 0.2) is 114 Å². The Hall–Kier alpha value is -4.34. The second-order valence-corrected chi connectivity index (χ2v) is 9.04. The normalized spacial score (nSPS) is 13.2. The van der Waals surface area contributed by atoms with Gasteiger partial charge in [-0.3, -0.25) is 5.21 Å².